The number of ether oxygens (including phenoxy) is 1. The number of aromatic amines is 1. The van der Waals surface area contributed by atoms with Gasteiger partial charge in [-0.05, 0) is 6.92 Å². The van der Waals surface area contributed by atoms with E-state index in [2.05, 4.69) is 30.0 Å². The summed E-state index contributed by atoms with van der Waals surface area (Å²) in [5, 5.41) is 6.32. The van der Waals surface area contributed by atoms with Gasteiger partial charge in [-0.2, -0.15) is 5.10 Å². The highest BCUT2D eigenvalue weighted by Gasteiger charge is 2.24. The monoisotopic (exact) mass is 388 g/mol. The lowest BCUT2D eigenvalue weighted by atomic mass is 10.2. The second kappa shape index (κ2) is 9.22. The van der Waals surface area contributed by atoms with Crippen LogP contribution in [0.15, 0.2) is 18.7 Å². The molecule has 150 valence electrons. The quantitative estimate of drug-likeness (QED) is 0.629. The molecule has 0 bridgehead atoms. The van der Waals surface area contributed by atoms with Gasteiger partial charge in [-0.1, -0.05) is 0 Å². The minimum atomic E-state index is -0.310. The zero-order chi connectivity index (χ0) is 19.9. The number of esters is 1. The smallest absolute Gasteiger partial charge is 0.325 e. The summed E-state index contributed by atoms with van der Waals surface area (Å²) in [4.78, 5) is 42.0. The number of likely N-dealkylation sites (N-methyl/N-ethyl adjacent to an activating group) is 1. The fourth-order valence-electron chi connectivity index (χ4n) is 2.92. The van der Waals surface area contributed by atoms with Crippen molar-refractivity contribution in [3.8, 4) is 0 Å². The average molecular weight is 388 g/mol. The Morgan fingerprint density at radius 1 is 1.18 bits per heavy atom. The van der Waals surface area contributed by atoms with E-state index in [-0.39, 0.29) is 24.2 Å². The van der Waals surface area contributed by atoms with E-state index >= 15 is 0 Å². The molecular formula is C17H24N8O3. The van der Waals surface area contributed by atoms with Crippen molar-refractivity contribution in [2.45, 2.75) is 13.5 Å². The average Bonchev–Trinajstić information content (AvgIpc) is 3.23. The Kier molecular flexibility index (Phi) is 6.48. The molecule has 1 saturated heterocycles. The van der Waals surface area contributed by atoms with Gasteiger partial charge in [0.05, 0.1) is 6.61 Å². The molecule has 0 aliphatic carbocycles. The van der Waals surface area contributed by atoms with Crippen LogP contribution in [0.5, 0.6) is 0 Å². The van der Waals surface area contributed by atoms with E-state index in [0.717, 1.165) is 18.7 Å². The molecule has 0 atom stereocenters. The second-order valence-corrected chi connectivity index (χ2v) is 6.45. The summed E-state index contributed by atoms with van der Waals surface area (Å²) in [7, 11) is 1.75. The fourth-order valence-corrected chi connectivity index (χ4v) is 2.92. The molecule has 0 spiro atoms. The first-order valence-corrected chi connectivity index (χ1v) is 9.11. The van der Waals surface area contributed by atoms with Crippen LogP contribution in [0.4, 0.5) is 5.95 Å². The van der Waals surface area contributed by atoms with Crippen molar-refractivity contribution < 1.29 is 14.3 Å². The van der Waals surface area contributed by atoms with Gasteiger partial charge in [0.2, 0.25) is 11.8 Å². The van der Waals surface area contributed by atoms with Crippen LogP contribution in [0.2, 0.25) is 0 Å². The number of nitrogens with one attached hydrogen (secondary N) is 1. The number of piperazine rings is 1. The molecule has 3 heterocycles. The van der Waals surface area contributed by atoms with Gasteiger partial charge in [0.25, 0.3) is 5.91 Å². The highest BCUT2D eigenvalue weighted by Crippen LogP contribution is 2.11. The highest BCUT2D eigenvalue weighted by atomic mass is 16.5. The molecule has 3 rings (SSSR count). The number of amides is 1. The van der Waals surface area contributed by atoms with Crippen molar-refractivity contribution in [2.75, 3.05) is 51.3 Å². The van der Waals surface area contributed by atoms with Crippen molar-refractivity contribution in [2.24, 2.45) is 0 Å². The van der Waals surface area contributed by atoms with Crippen molar-refractivity contribution in [1.82, 2.24) is 34.9 Å². The van der Waals surface area contributed by atoms with E-state index in [9.17, 15) is 9.59 Å². The number of aromatic nitrogens is 5. The Bertz CT molecular complexity index is 772. The lowest BCUT2D eigenvalue weighted by Gasteiger charge is -2.34. The lowest BCUT2D eigenvalue weighted by Crippen LogP contribution is -2.48. The van der Waals surface area contributed by atoms with E-state index in [0.29, 0.717) is 32.2 Å². The van der Waals surface area contributed by atoms with Crippen LogP contribution < -0.4 is 4.90 Å². The first kappa shape index (κ1) is 19.7. The van der Waals surface area contributed by atoms with Gasteiger partial charge >= 0.3 is 5.97 Å². The first-order chi connectivity index (χ1) is 13.6. The molecule has 0 aromatic carbocycles. The third kappa shape index (κ3) is 5.00. The molecule has 1 aliphatic rings. The molecule has 11 heteroatoms. The topological polar surface area (TPSA) is 120 Å². The van der Waals surface area contributed by atoms with Crippen LogP contribution in [0, 0.1) is 0 Å². The van der Waals surface area contributed by atoms with Gasteiger partial charge in [-0.25, -0.2) is 15.0 Å². The first-order valence-electron chi connectivity index (χ1n) is 9.11. The zero-order valence-electron chi connectivity index (χ0n) is 16.0. The molecule has 11 nitrogen and oxygen atoms in total. The van der Waals surface area contributed by atoms with Crippen molar-refractivity contribution >= 4 is 17.8 Å². The standard InChI is InChI=1S/C17H24N8O3/c1-3-28-14(26)11-23(2)17-18-8-13(9-19-17)10-24-4-6-25(7-5-24)16(27)15-20-12-21-22-15/h8-9,12H,3-7,10-11H2,1-2H3,(H,20,21,22). The number of rotatable bonds is 7. The van der Waals surface area contributed by atoms with Gasteiger partial charge in [0, 0.05) is 57.7 Å². The summed E-state index contributed by atoms with van der Waals surface area (Å²) < 4.78 is 4.93. The molecular weight excluding hydrogens is 364 g/mol. The number of carbonyl (C=O) groups is 2. The molecule has 2 aromatic heterocycles. The number of nitrogens with zero attached hydrogens (tertiary/aromatic N) is 7. The Morgan fingerprint density at radius 3 is 2.50 bits per heavy atom. The van der Waals surface area contributed by atoms with Gasteiger partial charge < -0.3 is 14.5 Å². The normalized spacial score (nSPS) is 14.7. The summed E-state index contributed by atoms with van der Waals surface area (Å²) in [5.41, 5.74) is 0.975. The van der Waals surface area contributed by atoms with Crippen LogP contribution in [0.25, 0.3) is 0 Å². The molecule has 1 amide bonds. The molecule has 28 heavy (non-hydrogen) atoms. The van der Waals surface area contributed by atoms with E-state index in [4.69, 9.17) is 4.74 Å². The predicted molar refractivity (Wildman–Crippen MR) is 99.5 cm³/mol. The molecule has 1 aliphatic heterocycles. The molecule has 0 radical (unpaired) electrons. The largest absolute Gasteiger partial charge is 0.465 e. The number of H-pyrrole nitrogens is 1. The van der Waals surface area contributed by atoms with Gasteiger partial charge in [0.1, 0.15) is 12.9 Å². The van der Waals surface area contributed by atoms with Crippen molar-refractivity contribution in [3.05, 3.63) is 30.1 Å². The third-order valence-corrected chi connectivity index (χ3v) is 4.39. The van der Waals surface area contributed by atoms with E-state index in [1.54, 1.807) is 36.2 Å². The molecule has 1 N–H and O–H groups in total. The lowest BCUT2D eigenvalue weighted by molar-refractivity contribution is -0.141. The Morgan fingerprint density at radius 2 is 1.89 bits per heavy atom. The third-order valence-electron chi connectivity index (χ3n) is 4.39. The zero-order valence-corrected chi connectivity index (χ0v) is 16.0. The maximum atomic E-state index is 12.3. The molecule has 0 saturated carbocycles. The molecule has 0 unspecified atom stereocenters. The highest BCUT2D eigenvalue weighted by molar-refractivity contribution is 5.90. The van der Waals surface area contributed by atoms with Crippen molar-refractivity contribution in [1.29, 1.82) is 0 Å². The summed E-state index contributed by atoms with van der Waals surface area (Å²) in [6.45, 7) is 5.69. The van der Waals surface area contributed by atoms with Crippen LogP contribution in [0.1, 0.15) is 23.1 Å². The summed E-state index contributed by atoms with van der Waals surface area (Å²) in [6, 6.07) is 0. The van der Waals surface area contributed by atoms with E-state index in [1.165, 1.54) is 6.33 Å². The predicted octanol–water partition coefficient (Wildman–Crippen LogP) is -0.448. The van der Waals surface area contributed by atoms with E-state index < -0.39 is 0 Å². The maximum Gasteiger partial charge on any atom is 0.325 e. The SMILES string of the molecule is CCOC(=O)CN(C)c1ncc(CN2CCN(C(=O)c3ncn[nH]3)CC2)cn1. The van der Waals surface area contributed by atoms with Crippen LogP contribution in [-0.4, -0.2) is 93.2 Å². The Labute approximate surface area is 162 Å². The minimum absolute atomic E-state index is 0.106. The number of carbonyl (C=O) groups excluding carboxylic acids is 2. The Balaban J connectivity index is 1.47. The van der Waals surface area contributed by atoms with Crippen molar-refractivity contribution in [3.63, 3.8) is 0 Å². The number of hydrogen-bond acceptors (Lipinski definition) is 9. The number of anilines is 1. The Hall–Kier alpha value is -3.08. The van der Waals surface area contributed by atoms with Gasteiger partial charge in [-0.15, -0.1) is 0 Å². The minimum Gasteiger partial charge on any atom is -0.465 e. The summed E-state index contributed by atoms with van der Waals surface area (Å²) >= 11 is 0. The summed E-state index contributed by atoms with van der Waals surface area (Å²) in [6.07, 6.45) is 4.85. The van der Waals surface area contributed by atoms with E-state index in [1.807, 2.05) is 0 Å². The molecule has 2 aromatic rings. The van der Waals surface area contributed by atoms with Crippen LogP contribution in [0.3, 0.4) is 0 Å². The summed E-state index contributed by atoms with van der Waals surface area (Å²) in [5.74, 6) is 0.300. The fraction of sp³-hybridized carbons (Fsp3) is 0.529. The van der Waals surface area contributed by atoms with Crippen LogP contribution in [-0.2, 0) is 16.1 Å². The number of hydrogen-bond donors (Lipinski definition) is 1. The second-order valence-electron chi connectivity index (χ2n) is 6.45. The maximum absolute atomic E-state index is 12.3. The van der Waals surface area contributed by atoms with Crippen LogP contribution >= 0.6 is 0 Å². The van der Waals surface area contributed by atoms with Gasteiger partial charge in [0.15, 0.2) is 0 Å². The molecule has 1 fully saturated rings. The van der Waals surface area contributed by atoms with Gasteiger partial charge in [-0.3, -0.25) is 19.6 Å².